The van der Waals surface area contributed by atoms with Gasteiger partial charge in [-0.2, -0.15) is 0 Å². The van der Waals surface area contributed by atoms with Crippen LogP contribution in [0.1, 0.15) is 24.0 Å². The van der Waals surface area contributed by atoms with Gasteiger partial charge in [0.05, 0.1) is 6.10 Å². The Morgan fingerprint density at radius 3 is 2.73 bits per heavy atom. The molecule has 2 heteroatoms. The van der Waals surface area contributed by atoms with Crippen molar-refractivity contribution in [2.75, 3.05) is 13.1 Å². The van der Waals surface area contributed by atoms with E-state index in [1.807, 2.05) is 0 Å². The summed E-state index contributed by atoms with van der Waals surface area (Å²) in [7, 11) is 0. The summed E-state index contributed by atoms with van der Waals surface area (Å²) in [6, 6.07) is 8.54. The van der Waals surface area contributed by atoms with Gasteiger partial charge in [-0.15, -0.1) is 0 Å². The first-order valence-electron chi connectivity index (χ1n) is 5.80. The highest BCUT2D eigenvalue weighted by atomic mass is 16.3. The zero-order valence-corrected chi connectivity index (χ0v) is 8.87. The van der Waals surface area contributed by atoms with Gasteiger partial charge in [-0.05, 0) is 43.5 Å². The molecule has 0 aromatic heterocycles. The second-order valence-corrected chi connectivity index (χ2v) is 4.78. The van der Waals surface area contributed by atoms with Crippen LogP contribution in [0.3, 0.4) is 0 Å². The van der Waals surface area contributed by atoms with Crippen LogP contribution in [-0.2, 0) is 11.8 Å². The minimum Gasteiger partial charge on any atom is -0.392 e. The fourth-order valence-corrected chi connectivity index (χ4v) is 3.24. The van der Waals surface area contributed by atoms with Crippen LogP contribution in [-0.4, -0.2) is 24.3 Å². The Kier molecular flexibility index (Phi) is 2.08. The molecular weight excluding hydrogens is 186 g/mol. The lowest BCUT2D eigenvalue weighted by molar-refractivity contribution is 0.0738. The van der Waals surface area contributed by atoms with Crippen LogP contribution in [0.5, 0.6) is 0 Å². The number of hydrogen-bond donors (Lipinski definition) is 2. The van der Waals surface area contributed by atoms with Gasteiger partial charge in [0.1, 0.15) is 0 Å². The van der Waals surface area contributed by atoms with E-state index in [0.29, 0.717) is 0 Å². The van der Waals surface area contributed by atoms with Crippen LogP contribution in [0.15, 0.2) is 24.3 Å². The minimum absolute atomic E-state index is 0.0574. The maximum atomic E-state index is 10.3. The van der Waals surface area contributed by atoms with E-state index in [1.54, 1.807) is 0 Å². The second kappa shape index (κ2) is 3.32. The predicted molar refractivity (Wildman–Crippen MR) is 59.9 cm³/mol. The first-order valence-corrected chi connectivity index (χ1v) is 5.80. The van der Waals surface area contributed by atoms with Crippen molar-refractivity contribution in [3.63, 3.8) is 0 Å². The molecule has 1 aromatic carbocycles. The lowest BCUT2D eigenvalue weighted by Crippen LogP contribution is -2.45. The minimum atomic E-state index is -0.169. The van der Waals surface area contributed by atoms with Gasteiger partial charge in [-0.3, -0.25) is 0 Å². The van der Waals surface area contributed by atoms with Crippen LogP contribution < -0.4 is 5.32 Å². The van der Waals surface area contributed by atoms with Crippen LogP contribution in [0.4, 0.5) is 0 Å². The van der Waals surface area contributed by atoms with Crippen LogP contribution in [0.25, 0.3) is 0 Å². The van der Waals surface area contributed by atoms with Crippen molar-refractivity contribution in [3.8, 4) is 0 Å². The predicted octanol–water partition coefficient (Wildman–Crippen LogP) is 1.22. The maximum absolute atomic E-state index is 10.3. The first-order chi connectivity index (χ1) is 7.33. The molecule has 1 fully saturated rings. The van der Waals surface area contributed by atoms with E-state index < -0.39 is 0 Å². The summed E-state index contributed by atoms with van der Waals surface area (Å²) in [5, 5.41) is 13.7. The molecule has 2 nitrogen and oxygen atoms in total. The van der Waals surface area contributed by atoms with Crippen LogP contribution in [0, 0.1) is 0 Å². The Morgan fingerprint density at radius 2 is 1.93 bits per heavy atom. The quantitative estimate of drug-likeness (QED) is 0.664. The van der Waals surface area contributed by atoms with E-state index in [2.05, 4.69) is 29.6 Å². The summed E-state index contributed by atoms with van der Waals surface area (Å²) in [5.41, 5.74) is 2.81. The van der Waals surface area contributed by atoms with Crippen molar-refractivity contribution < 1.29 is 5.11 Å². The molecule has 1 aromatic rings. The summed E-state index contributed by atoms with van der Waals surface area (Å²) < 4.78 is 0. The Bertz CT molecular complexity index is 369. The molecule has 2 aliphatic rings. The molecule has 0 unspecified atom stereocenters. The van der Waals surface area contributed by atoms with Crippen molar-refractivity contribution in [1.82, 2.24) is 5.32 Å². The van der Waals surface area contributed by atoms with E-state index in [0.717, 1.165) is 32.4 Å². The zero-order chi connectivity index (χ0) is 10.3. The van der Waals surface area contributed by atoms with Gasteiger partial charge in [-0.1, -0.05) is 24.3 Å². The highest BCUT2D eigenvalue weighted by Gasteiger charge is 2.46. The topological polar surface area (TPSA) is 32.3 Å². The highest BCUT2D eigenvalue weighted by Crippen LogP contribution is 2.44. The fraction of sp³-hybridized carbons (Fsp3) is 0.538. The first kappa shape index (κ1) is 9.37. The number of aliphatic hydroxyl groups is 1. The average molecular weight is 203 g/mol. The Hall–Kier alpha value is -0.860. The maximum Gasteiger partial charge on any atom is 0.0678 e. The standard InChI is InChI=1S/C13H17NO/c15-12-9-10-3-1-2-4-11(10)13(12)5-7-14-8-6-13/h1-4,12,14-15H,5-9H2/t12-/m1/s1. The van der Waals surface area contributed by atoms with Crippen molar-refractivity contribution in [3.05, 3.63) is 35.4 Å². The molecular formula is C13H17NO. The van der Waals surface area contributed by atoms with E-state index in [4.69, 9.17) is 0 Å². The Balaban J connectivity index is 2.07. The molecule has 0 amide bonds. The molecule has 1 spiro atoms. The van der Waals surface area contributed by atoms with Gasteiger partial charge >= 0.3 is 0 Å². The van der Waals surface area contributed by atoms with Crippen molar-refractivity contribution in [1.29, 1.82) is 0 Å². The van der Waals surface area contributed by atoms with Crippen LogP contribution >= 0.6 is 0 Å². The van der Waals surface area contributed by atoms with Gasteiger partial charge in [0.25, 0.3) is 0 Å². The molecule has 3 rings (SSSR count). The number of rotatable bonds is 0. The third-order valence-electron chi connectivity index (χ3n) is 4.10. The van der Waals surface area contributed by atoms with E-state index in [-0.39, 0.29) is 11.5 Å². The molecule has 0 radical (unpaired) electrons. The molecule has 0 bridgehead atoms. The summed E-state index contributed by atoms with van der Waals surface area (Å²) in [5.74, 6) is 0. The Morgan fingerprint density at radius 1 is 1.20 bits per heavy atom. The summed E-state index contributed by atoms with van der Waals surface area (Å²) >= 11 is 0. The lowest BCUT2D eigenvalue weighted by Gasteiger charge is -2.37. The largest absolute Gasteiger partial charge is 0.392 e. The van der Waals surface area contributed by atoms with Crippen LogP contribution in [0.2, 0.25) is 0 Å². The normalized spacial score (nSPS) is 27.9. The number of hydrogen-bond acceptors (Lipinski definition) is 2. The molecule has 80 valence electrons. The number of nitrogens with one attached hydrogen (secondary N) is 1. The average Bonchev–Trinajstić information content (AvgIpc) is 2.55. The summed E-state index contributed by atoms with van der Waals surface area (Å²) in [6.45, 7) is 2.07. The smallest absolute Gasteiger partial charge is 0.0678 e. The second-order valence-electron chi connectivity index (χ2n) is 4.78. The van der Waals surface area contributed by atoms with Crippen molar-refractivity contribution in [2.24, 2.45) is 0 Å². The SMILES string of the molecule is O[C@@H]1Cc2ccccc2C12CCNCC2. The van der Waals surface area contributed by atoms with E-state index in [9.17, 15) is 5.11 Å². The van der Waals surface area contributed by atoms with E-state index >= 15 is 0 Å². The number of aliphatic hydroxyl groups excluding tert-OH is 1. The molecule has 1 atom stereocenters. The molecule has 1 saturated heterocycles. The zero-order valence-electron chi connectivity index (χ0n) is 8.87. The molecule has 0 saturated carbocycles. The fourth-order valence-electron chi connectivity index (χ4n) is 3.24. The molecule has 2 N–H and O–H groups in total. The van der Waals surface area contributed by atoms with Gasteiger partial charge in [0.2, 0.25) is 0 Å². The summed E-state index contributed by atoms with van der Waals surface area (Å²) in [4.78, 5) is 0. The monoisotopic (exact) mass is 203 g/mol. The summed E-state index contributed by atoms with van der Waals surface area (Å²) in [6.07, 6.45) is 2.82. The van der Waals surface area contributed by atoms with Gasteiger partial charge in [-0.25, -0.2) is 0 Å². The van der Waals surface area contributed by atoms with Gasteiger partial charge in [0, 0.05) is 5.41 Å². The highest BCUT2D eigenvalue weighted by molar-refractivity contribution is 5.42. The third-order valence-corrected chi connectivity index (χ3v) is 4.10. The number of benzene rings is 1. The number of piperidine rings is 1. The number of fused-ring (bicyclic) bond motifs is 2. The van der Waals surface area contributed by atoms with Crippen molar-refractivity contribution in [2.45, 2.75) is 30.8 Å². The van der Waals surface area contributed by atoms with Gasteiger partial charge in [0.15, 0.2) is 0 Å². The van der Waals surface area contributed by atoms with Crippen molar-refractivity contribution >= 4 is 0 Å². The van der Waals surface area contributed by atoms with Gasteiger partial charge < -0.3 is 10.4 Å². The lowest BCUT2D eigenvalue weighted by atomic mass is 9.73. The molecule has 1 aliphatic carbocycles. The Labute approximate surface area is 90.3 Å². The van der Waals surface area contributed by atoms with E-state index in [1.165, 1.54) is 11.1 Å². The molecule has 1 heterocycles. The third kappa shape index (κ3) is 1.25. The molecule has 1 aliphatic heterocycles. The molecule has 15 heavy (non-hydrogen) atoms.